The largest absolute Gasteiger partial charge is 4.00 e. The zero-order valence-electron chi connectivity index (χ0n) is 12.8. The van der Waals surface area contributed by atoms with Crippen LogP contribution in [-0.4, -0.2) is 8.07 Å². The molecule has 0 spiro atoms. The normalized spacial score (nSPS) is 16.4. The molecule has 0 N–H and O–H groups in total. The molecule has 2 aliphatic rings. The van der Waals surface area contributed by atoms with Gasteiger partial charge in [0.1, 0.15) is 0 Å². The van der Waals surface area contributed by atoms with Crippen molar-refractivity contribution in [2.75, 3.05) is 0 Å². The van der Waals surface area contributed by atoms with Crippen LogP contribution in [0.4, 0.5) is 0 Å². The maximum Gasteiger partial charge on any atom is 4.00 e. The molecule has 22 heavy (non-hydrogen) atoms. The monoisotopic (exact) mass is 382 g/mol. The molecule has 1 aliphatic heterocycles. The van der Waals surface area contributed by atoms with Crippen LogP contribution in [0.1, 0.15) is 12.8 Å². The molecule has 4 rings (SSSR count). The number of allylic oxidation sites excluding steroid dienone is 4. The van der Waals surface area contributed by atoms with Crippen LogP contribution in [0, 0.1) is 6.08 Å². The first-order chi connectivity index (χ1) is 9.30. The van der Waals surface area contributed by atoms with Gasteiger partial charge in [0, 0.05) is 8.07 Å². The molecule has 0 amide bonds. The molecule has 1 fully saturated rings. The first kappa shape index (κ1) is 21.8. The molecule has 4 heteroatoms. The Kier molecular flexibility index (Phi) is 9.77. The second-order valence-electron chi connectivity index (χ2n) is 5.75. The van der Waals surface area contributed by atoms with Crippen molar-refractivity contribution in [2.45, 2.75) is 31.5 Å². The van der Waals surface area contributed by atoms with Crippen LogP contribution in [0.25, 0.3) is 10.8 Å². The Labute approximate surface area is 162 Å². The predicted octanol–water partition coefficient (Wildman–Crippen LogP) is -1.44. The van der Waals surface area contributed by atoms with Crippen molar-refractivity contribution in [1.29, 1.82) is 0 Å². The smallest absolute Gasteiger partial charge is 1.00 e. The van der Waals surface area contributed by atoms with E-state index in [4.69, 9.17) is 0 Å². The molecular weight excluding hydrogens is 363 g/mol. The van der Waals surface area contributed by atoms with E-state index < -0.39 is 8.07 Å². The average molecular weight is 383 g/mol. The minimum Gasteiger partial charge on any atom is -1.00 e. The Hall–Kier alpha value is -0.179. The van der Waals surface area contributed by atoms with Crippen LogP contribution < -0.4 is 30.0 Å². The van der Waals surface area contributed by atoms with Crippen LogP contribution in [0.3, 0.4) is 0 Å². The van der Waals surface area contributed by atoms with E-state index in [0.29, 0.717) is 0 Å². The van der Waals surface area contributed by atoms with Crippen LogP contribution in [0.15, 0.2) is 54.6 Å². The first-order valence-electron chi connectivity index (χ1n) is 7.16. The number of fused-ring (bicyclic) bond motifs is 1. The summed E-state index contributed by atoms with van der Waals surface area (Å²) in [6, 6.07) is 16.5. The fourth-order valence-corrected chi connectivity index (χ4v) is 6.31. The molecule has 0 saturated carbocycles. The minimum absolute atomic E-state index is 0. The molecule has 114 valence electrons. The number of benzene rings is 1. The van der Waals surface area contributed by atoms with Gasteiger partial charge < -0.3 is 24.8 Å². The number of rotatable bonds is 1. The minimum atomic E-state index is -0.985. The Morgan fingerprint density at radius 3 is 2.32 bits per heavy atom. The summed E-state index contributed by atoms with van der Waals surface area (Å²) < 4.78 is 0. The Morgan fingerprint density at radius 1 is 1.09 bits per heavy atom. The zero-order chi connectivity index (χ0) is 13.1. The zero-order valence-corrected chi connectivity index (χ0v) is 16.9. The summed E-state index contributed by atoms with van der Waals surface area (Å²) >= 11 is 0. The molecular formula is C18H20Cl2SiTi. The third-order valence-electron chi connectivity index (χ3n) is 4.37. The van der Waals surface area contributed by atoms with Gasteiger partial charge >= 0.3 is 21.7 Å². The number of hydrogen-bond acceptors (Lipinski definition) is 0. The first-order valence-corrected chi connectivity index (χ1v) is 10.1. The molecule has 0 atom stereocenters. The van der Waals surface area contributed by atoms with E-state index in [1.165, 1.54) is 29.3 Å². The molecule has 0 bridgehead atoms. The molecule has 2 aromatic rings. The summed E-state index contributed by atoms with van der Waals surface area (Å²) in [5.41, 5.74) is 0. The van der Waals surface area contributed by atoms with Gasteiger partial charge in [0.05, 0.1) is 0 Å². The van der Waals surface area contributed by atoms with Gasteiger partial charge in [-0.15, -0.1) is 40.6 Å². The molecule has 1 saturated heterocycles. The molecule has 0 aromatic heterocycles. The van der Waals surface area contributed by atoms with E-state index in [0.717, 1.165) is 6.42 Å². The van der Waals surface area contributed by atoms with Crippen LogP contribution in [0.5, 0.6) is 0 Å². The number of halogens is 2. The molecule has 0 unspecified atom stereocenters. The van der Waals surface area contributed by atoms with E-state index >= 15 is 0 Å². The van der Waals surface area contributed by atoms with Crippen molar-refractivity contribution in [2.24, 2.45) is 0 Å². The third kappa shape index (κ3) is 4.66. The summed E-state index contributed by atoms with van der Waals surface area (Å²) in [6.45, 7) is 2.54. The summed E-state index contributed by atoms with van der Waals surface area (Å²) in [5, 5.41) is 4.67. The second-order valence-corrected chi connectivity index (χ2v) is 10.4. The Morgan fingerprint density at radius 2 is 1.82 bits per heavy atom. The fraction of sp³-hybridized carbons (Fsp3) is 0.278. The van der Waals surface area contributed by atoms with Crippen molar-refractivity contribution in [3.05, 3.63) is 60.7 Å². The van der Waals surface area contributed by atoms with Gasteiger partial charge in [-0.2, -0.15) is 18.2 Å². The van der Waals surface area contributed by atoms with Crippen LogP contribution in [0.2, 0.25) is 18.6 Å². The van der Waals surface area contributed by atoms with E-state index in [-0.39, 0.29) is 46.5 Å². The maximum absolute atomic E-state index is 2.99. The number of hydrogen-bond donors (Lipinski definition) is 0. The Balaban J connectivity index is 0.000000482. The maximum atomic E-state index is 2.99. The van der Waals surface area contributed by atoms with Crippen LogP contribution >= 0.6 is 0 Å². The summed E-state index contributed by atoms with van der Waals surface area (Å²) in [4.78, 5) is 0. The van der Waals surface area contributed by atoms with Gasteiger partial charge in [-0.05, 0) is 0 Å². The fourth-order valence-electron chi connectivity index (χ4n) is 2.99. The van der Waals surface area contributed by atoms with Gasteiger partial charge in [0.15, 0.2) is 0 Å². The summed E-state index contributed by atoms with van der Waals surface area (Å²) in [7, 11) is -0.985. The van der Waals surface area contributed by atoms with Gasteiger partial charge in [-0.3, -0.25) is 6.08 Å². The SMILES string of the molecule is C[Si]1([c-]2ccc3ccccc32)CCC1.[C-]1=CC=CC1.[Cl-].[Cl-].[Ti+4]. The van der Waals surface area contributed by atoms with Gasteiger partial charge in [0.2, 0.25) is 0 Å². The Bertz CT molecular complexity index is 617. The van der Waals surface area contributed by atoms with Crippen molar-refractivity contribution in [1.82, 2.24) is 0 Å². The van der Waals surface area contributed by atoms with Gasteiger partial charge in [0.25, 0.3) is 0 Å². The van der Waals surface area contributed by atoms with E-state index in [9.17, 15) is 0 Å². The van der Waals surface area contributed by atoms with Gasteiger partial charge in [-0.1, -0.05) is 31.1 Å². The van der Waals surface area contributed by atoms with E-state index in [1.54, 1.807) is 5.19 Å². The molecule has 2 aromatic carbocycles. The third-order valence-corrected chi connectivity index (χ3v) is 9.02. The average Bonchev–Trinajstić information content (AvgIpc) is 3.08. The molecule has 1 aliphatic carbocycles. The predicted molar refractivity (Wildman–Crippen MR) is 86.6 cm³/mol. The quantitative estimate of drug-likeness (QED) is 0.418. The standard InChI is InChI=1S/C13H15Si.C5H5.2ClH.Ti/c1-14(9-4-10-14)13-8-7-11-5-2-3-6-12(11)13;1-2-4-5-3-1;;;/h2-3,5-8H,4,9-10H2,1H3;1-3H,4H2;2*1H;/q2*-1;;;+4/p-2. The van der Waals surface area contributed by atoms with Crippen molar-refractivity contribution in [3.8, 4) is 0 Å². The van der Waals surface area contributed by atoms with Crippen LogP contribution in [-0.2, 0) is 21.7 Å². The topological polar surface area (TPSA) is 0 Å². The van der Waals surface area contributed by atoms with Gasteiger partial charge in [-0.25, -0.2) is 12.2 Å². The van der Waals surface area contributed by atoms with E-state index in [1.807, 2.05) is 12.2 Å². The molecule has 1 heterocycles. The molecule has 0 radical (unpaired) electrons. The van der Waals surface area contributed by atoms with Crippen molar-refractivity contribution >= 4 is 24.0 Å². The molecule has 0 nitrogen and oxygen atoms in total. The van der Waals surface area contributed by atoms with E-state index in [2.05, 4.69) is 55.1 Å². The summed E-state index contributed by atoms with van der Waals surface area (Å²) in [5.74, 6) is 0. The second kappa shape index (κ2) is 9.85. The van der Waals surface area contributed by atoms with Crippen molar-refractivity contribution < 1.29 is 46.5 Å². The summed E-state index contributed by atoms with van der Waals surface area (Å²) in [6.07, 6.45) is 11.5. The van der Waals surface area contributed by atoms with Crippen molar-refractivity contribution in [3.63, 3.8) is 0 Å².